The first kappa shape index (κ1) is 12.4. The van der Waals surface area contributed by atoms with Crippen LogP contribution >= 0.6 is 0 Å². The lowest BCUT2D eigenvalue weighted by Gasteiger charge is -2.00. The van der Waals surface area contributed by atoms with E-state index in [0.717, 1.165) is 0 Å². The van der Waals surface area contributed by atoms with Gasteiger partial charge in [-0.3, -0.25) is 8.37 Å². The van der Waals surface area contributed by atoms with E-state index in [1.54, 1.807) is 13.3 Å². The van der Waals surface area contributed by atoms with Crippen molar-refractivity contribution in [3.05, 3.63) is 0 Å². The molecule has 0 saturated heterocycles. The molecule has 0 spiro atoms. The lowest BCUT2D eigenvalue weighted by molar-refractivity contribution is 0.260. The molecular formula is C7H14N2O3S. The van der Waals surface area contributed by atoms with Gasteiger partial charge in [-0.05, 0) is 6.21 Å². The Balaban J connectivity index is 3.24. The van der Waals surface area contributed by atoms with Gasteiger partial charge in [0.1, 0.15) is 0 Å². The number of hydrogen-bond donors (Lipinski definition) is 1. The smallest absolute Gasteiger partial charge is 0.304 e. The Morgan fingerprint density at radius 1 is 1.38 bits per heavy atom. The van der Waals surface area contributed by atoms with Gasteiger partial charge >= 0.3 is 11.4 Å². The van der Waals surface area contributed by atoms with Gasteiger partial charge in [-0.2, -0.15) is 4.21 Å². The molecule has 0 aromatic heterocycles. The van der Waals surface area contributed by atoms with Crippen molar-refractivity contribution in [1.29, 1.82) is 5.41 Å². The van der Waals surface area contributed by atoms with Crippen molar-refractivity contribution in [2.24, 2.45) is 4.99 Å². The first-order valence-electron chi connectivity index (χ1n) is 3.89. The quantitative estimate of drug-likeness (QED) is 0.470. The van der Waals surface area contributed by atoms with Crippen LogP contribution in [-0.2, 0) is 19.7 Å². The summed E-state index contributed by atoms with van der Waals surface area (Å²) in [5, 5.41) is 6.68. The molecular weight excluding hydrogens is 192 g/mol. The molecule has 0 rings (SSSR count). The number of nitrogens with one attached hydrogen (secondary N) is 1. The Labute approximate surface area is 80.5 Å². The van der Waals surface area contributed by atoms with Crippen LogP contribution in [0, 0.1) is 5.41 Å². The standard InChI is InChI=1S/C7H14N2O3S/c1-9-5-3-7-12-13(10)11-6-2-4-8/h4-5,8H,2-3,6-7H2,1H3. The SMILES string of the molecule is CN=CCCOS(=O)OCCC=N. The molecule has 0 aliphatic rings. The Kier molecular flexibility index (Phi) is 9.07. The molecule has 1 N–H and O–H groups in total. The van der Waals surface area contributed by atoms with E-state index in [2.05, 4.69) is 4.99 Å². The van der Waals surface area contributed by atoms with E-state index in [4.69, 9.17) is 13.8 Å². The number of rotatable bonds is 8. The third kappa shape index (κ3) is 9.32. The van der Waals surface area contributed by atoms with E-state index < -0.39 is 11.4 Å². The molecule has 0 aliphatic carbocycles. The van der Waals surface area contributed by atoms with Gasteiger partial charge in [0.15, 0.2) is 0 Å². The highest BCUT2D eigenvalue weighted by atomic mass is 32.2. The average molecular weight is 206 g/mol. The van der Waals surface area contributed by atoms with Crippen LogP contribution in [0.3, 0.4) is 0 Å². The molecule has 0 bridgehead atoms. The van der Waals surface area contributed by atoms with Crippen molar-refractivity contribution in [3.63, 3.8) is 0 Å². The van der Waals surface area contributed by atoms with E-state index in [9.17, 15) is 4.21 Å². The highest BCUT2D eigenvalue weighted by Gasteiger charge is 1.98. The van der Waals surface area contributed by atoms with Crippen molar-refractivity contribution in [2.75, 3.05) is 20.3 Å². The zero-order chi connectivity index (χ0) is 9.94. The minimum Gasteiger partial charge on any atom is -0.313 e. The lowest BCUT2D eigenvalue weighted by Crippen LogP contribution is -2.05. The minimum atomic E-state index is -1.69. The second-order valence-electron chi connectivity index (χ2n) is 2.07. The van der Waals surface area contributed by atoms with Gasteiger partial charge in [-0.1, -0.05) is 0 Å². The van der Waals surface area contributed by atoms with Crippen molar-refractivity contribution in [3.8, 4) is 0 Å². The Hall–Kier alpha value is -0.590. The van der Waals surface area contributed by atoms with Crippen LogP contribution in [0.1, 0.15) is 12.8 Å². The first-order chi connectivity index (χ1) is 6.31. The first-order valence-corrected chi connectivity index (χ1v) is 4.89. The summed E-state index contributed by atoms with van der Waals surface area (Å²) < 4.78 is 20.3. The largest absolute Gasteiger partial charge is 0.313 e. The summed E-state index contributed by atoms with van der Waals surface area (Å²) in [7, 11) is 1.66. The fourth-order valence-electron chi connectivity index (χ4n) is 0.507. The third-order valence-electron chi connectivity index (χ3n) is 1.05. The van der Waals surface area contributed by atoms with Gasteiger partial charge in [-0.15, -0.1) is 0 Å². The summed E-state index contributed by atoms with van der Waals surface area (Å²) in [6.07, 6.45) is 3.94. The molecule has 0 aromatic rings. The number of aliphatic imine (C=N–C) groups is 1. The van der Waals surface area contributed by atoms with Gasteiger partial charge in [-0.25, -0.2) is 0 Å². The maximum atomic E-state index is 10.8. The number of hydrogen-bond acceptors (Lipinski definition) is 5. The van der Waals surface area contributed by atoms with Gasteiger partial charge in [0.05, 0.1) is 13.2 Å². The highest BCUT2D eigenvalue weighted by Crippen LogP contribution is 1.91. The molecule has 0 heterocycles. The van der Waals surface area contributed by atoms with Crippen molar-refractivity contribution in [1.82, 2.24) is 0 Å². The van der Waals surface area contributed by atoms with E-state index in [0.29, 0.717) is 19.4 Å². The predicted octanol–water partition coefficient (Wildman–Crippen LogP) is 0.729. The van der Waals surface area contributed by atoms with Crippen molar-refractivity contribution >= 4 is 23.8 Å². The van der Waals surface area contributed by atoms with E-state index in [1.165, 1.54) is 6.21 Å². The van der Waals surface area contributed by atoms with Crippen LogP contribution in [0.5, 0.6) is 0 Å². The molecule has 1 atom stereocenters. The monoisotopic (exact) mass is 206 g/mol. The van der Waals surface area contributed by atoms with Crippen LogP contribution in [0.2, 0.25) is 0 Å². The van der Waals surface area contributed by atoms with E-state index in [-0.39, 0.29) is 6.61 Å². The fraction of sp³-hybridized carbons (Fsp3) is 0.714. The molecule has 0 fully saturated rings. The Morgan fingerprint density at radius 3 is 2.54 bits per heavy atom. The highest BCUT2D eigenvalue weighted by molar-refractivity contribution is 7.75. The van der Waals surface area contributed by atoms with Crippen LogP contribution in [0.25, 0.3) is 0 Å². The molecule has 0 radical (unpaired) electrons. The maximum Gasteiger partial charge on any atom is 0.304 e. The van der Waals surface area contributed by atoms with Crippen molar-refractivity contribution < 1.29 is 12.6 Å². The minimum absolute atomic E-state index is 0.248. The van der Waals surface area contributed by atoms with Gasteiger partial charge in [0.25, 0.3) is 0 Å². The van der Waals surface area contributed by atoms with Crippen molar-refractivity contribution in [2.45, 2.75) is 12.8 Å². The molecule has 76 valence electrons. The second kappa shape index (κ2) is 9.50. The predicted molar refractivity (Wildman–Crippen MR) is 52.5 cm³/mol. The maximum absolute atomic E-state index is 10.8. The van der Waals surface area contributed by atoms with Crippen LogP contribution in [0.15, 0.2) is 4.99 Å². The molecule has 0 amide bonds. The molecule has 5 nitrogen and oxygen atoms in total. The molecule has 0 saturated carbocycles. The summed E-state index contributed by atoms with van der Waals surface area (Å²) in [6.45, 7) is 0.576. The fourth-order valence-corrected chi connectivity index (χ4v) is 1.04. The Morgan fingerprint density at radius 2 is 2.00 bits per heavy atom. The van der Waals surface area contributed by atoms with Crippen LogP contribution in [0.4, 0.5) is 0 Å². The number of nitrogens with zero attached hydrogens (tertiary/aromatic N) is 1. The molecule has 0 aromatic carbocycles. The normalized spacial score (nSPS) is 13.3. The Bertz CT molecular complexity index is 185. The molecule has 1 unspecified atom stereocenters. The lowest BCUT2D eigenvalue weighted by atomic mass is 10.5. The van der Waals surface area contributed by atoms with E-state index in [1.807, 2.05) is 0 Å². The molecule has 13 heavy (non-hydrogen) atoms. The van der Waals surface area contributed by atoms with Gasteiger partial charge in [0.2, 0.25) is 0 Å². The third-order valence-corrected chi connectivity index (χ3v) is 1.77. The topological polar surface area (TPSA) is 71.7 Å². The van der Waals surface area contributed by atoms with Gasteiger partial charge < -0.3 is 10.4 Å². The molecule has 0 aliphatic heterocycles. The summed E-state index contributed by atoms with van der Waals surface area (Å²) in [5.41, 5.74) is 0. The zero-order valence-corrected chi connectivity index (χ0v) is 8.38. The zero-order valence-electron chi connectivity index (χ0n) is 7.56. The van der Waals surface area contributed by atoms with E-state index >= 15 is 0 Å². The van der Waals surface area contributed by atoms with Crippen LogP contribution < -0.4 is 0 Å². The summed E-state index contributed by atoms with van der Waals surface area (Å²) >= 11 is -1.69. The summed E-state index contributed by atoms with van der Waals surface area (Å²) in [6, 6.07) is 0. The summed E-state index contributed by atoms with van der Waals surface area (Å²) in [4.78, 5) is 3.73. The summed E-state index contributed by atoms with van der Waals surface area (Å²) in [5.74, 6) is 0. The second-order valence-corrected chi connectivity index (χ2v) is 2.95. The molecule has 6 heteroatoms. The van der Waals surface area contributed by atoms with Gasteiger partial charge in [0, 0.05) is 26.1 Å². The average Bonchev–Trinajstić information content (AvgIpc) is 2.13. The van der Waals surface area contributed by atoms with Crippen LogP contribution in [-0.4, -0.2) is 36.9 Å².